The van der Waals surface area contributed by atoms with Crippen molar-refractivity contribution < 1.29 is 9.53 Å². The van der Waals surface area contributed by atoms with E-state index in [0.29, 0.717) is 6.42 Å². The third-order valence-electron chi connectivity index (χ3n) is 5.64. The Balaban J connectivity index is 1.87. The van der Waals surface area contributed by atoms with E-state index in [4.69, 9.17) is 0 Å². The van der Waals surface area contributed by atoms with Crippen LogP contribution in [-0.4, -0.2) is 31.5 Å². The molecule has 0 aromatic heterocycles. The van der Waals surface area contributed by atoms with E-state index in [2.05, 4.69) is 43.8 Å². The zero-order valence-corrected chi connectivity index (χ0v) is 21.9. The van der Waals surface area contributed by atoms with Crippen LogP contribution in [0.5, 0.6) is 0 Å². The number of methoxy groups -OCH3 is 1. The number of carbonyl (C=O) groups excluding carboxylic acids is 1. The van der Waals surface area contributed by atoms with Crippen LogP contribution in [0.1, 0.15) is 89.0 Å². The zero-order chi connectivity index (χ0) is 20.7. The van der Waals surface area contributed by atoms with Crippen LogP contribution >= 0.6 is 0 Å². The van der Waals surface area contributed by atoms with Crippen molar-refractivity contribution in [2.24, 2.45) is 0 Å². The molecule has 0 fully saturated rings. The summed E-state index contributed by atoms with van der Waals surface area (Å²) in [7, 11) is 1.47. The van der Waals surface area contributed by atoms with E-state index in [-0.39, 0.29) is 5.97 Å². The van der Waals surface area contributed by atoms with Crippen molar-refractivity contribution >= 4 is 27.9 Å². The Morgan fingerprint density at radius 3 is 1.57 bits per heavy atom. The first-order valence-corrected chi connectivity index (χ1v) is 21.6. The number of carbonyl (C=O) groups is 1. The molecule has 0 heterocycles. The van der Waals surface area contributed by atoms with E-state index in [9.17, 15) is 4.79 Å². The number of esters is 1. The molecule has 0 aliphatic carbocycles. The van der Waals surface area contributed by atoms with Gasteiger partial charge in [-0.05, 0) is 6.42 Å². The van der Waals surface area contributed by atoms with Crippen molar-refractivity contribution in [1.29, 1.82) is 0 Å². The molecule has 28 heavy (non-hydrogen) atoms. The molecule has 1 rings (SSSR count). The molecule has 0 radical (unpaired) electrons. The summed E-state index contributed by atoms with van der Waals surface area (Å²) < 4.78 is 6.30. The van der Waals surface area contributed by atoms with Crippen LogP contribution in [0, 0.1) is 0 Å². The number of ether oxygens (including phenoxy) is 1. The van der Waals surface area contributed by atoms with E-state index in [1.54, 1.807) is 3.58 Å². The van der Waals surface area contributed by atoms with Gasteiger partial charge in [0.15, 0.2) is 0 Å². The first-order chi connectivity index (χ1) is 13.4. The molecule has 0 spiro atoms. The quantitative estimate of drug-likeness (QED) is 0.140. The average Bonchev–Trinajstić information content (AvgIpc) is 2.67. The van der Waals surface area contributed by atoms with E-state index in [0.717, 1.165) is 12.8 Å². The van der Waals surface area contributed by atoms with Crippen molar-refractivity contribution in [2.75, 3.05) is 7.11 Å². The van der Waals surface area contributed by atoms with Crippen LogP contribution in [0.2, 0.25) is 14.8 Å². The number of hydrogen-bond donors (Lipinski definition) is 0. The summed E-state index contributed by atoms with van der Waals surface area (Å²) in [5.41, 5.74) is 1.52. The molecule has 1 aromatic rings. The minimum atomic E-state index is -1.87. The van der Waals surface area contributed by atoms with Crippen LogP contribution in [0.3, 0.4) is 0 Å². The molecule has 3 heteroatoms. The second kappa shape index (κ2) is 15.3. The Morgan fingerprint density at radius 2 is 1.14 bits per heavy atom. The summed E-state index contributed by atoms with van der Waals surface area (Å²) in [4.78, 5) is 18.5. The monoisotopic (exact) mass is 496 g/mol. The van der Waals surface area contributed by atoms with Crippen LogP contribution in [0.25, 0.3) is 0 Å². The summed E-state index contributed by atoms with van der Waals surface area (Å²) in [5.74, 6) is -0.0688. The van der Waals surface area contributed by atoms with E-state index in [1.165, 1.54) is 83.3 Å². The van der Waals surface area contributed by atoms with Gasteiger partial charge in [0.25, 0.3) is 0 Å². The molecule has 0 N–H and O–H groups in total. The van der Waals surface area contributed by atoms with E-state index in [1.807, 2.05) is 0 Å². The molecule has 0 saturated heterocycles. The predicted octanol–water partition coefficient (Wildman–Crippen LogP) is 7.02. The summed E-state index contributed by atoms with van der Waals surface area (Å²) in [5, 5.41) is 0. The minimum absolute atomic E-state index is 0.0688. The van der Waals surface area contributed by atoms with E-state index >= 15 is 0 Å². The number of aryl methyl sites for hydroxylation is 1. The van der Waals surface area contributed by atoms with Crippen LogP contribution < -0.4 is 3.58 Å². The van der Waals surface area contributed by atoms with Gasteiger partial charge < -0.3 is 4.74 Å². The molecule has 0 atom stereocenters. The molecular formula is C25H44O2Sn. The van der Waals surface area contributed by atoms with Gasteiger partial charge in [0.05, 0.1) is 7.11 Å². The van der Waals surface area contributed by atoms with Gasteiger partial charge in [-0.3, -0.25) is 4.79 Å². The first kappa shape index (κ1) is 25.5. The molecule has 2 nitrogen and oxygen atoms in total. The number of rotatable bonds is 16. The molecule has 0 aliphatic heterocycles. The standard InChI is InChI=1S/C22H35O2.3CH3.Sn/c1-24-22(23)20-16-11-9-7-5-3-2-4-6-8-10-13-17-21-18-14-12-15-19-21;;;;/h14-15,18-19H,2-11,13,16-17,20H2,1H3;3*1H3;. The summed E-state index contributed by atoms with van der Waals surface area (Å²) in [6.45, 7) is 0. The second-order valence-corrected chi connectivity index (χ2v) is 23.8. The van der Waals surface area contributed by atoms with Crippen molar-refractivity contribution in [2.45, 2.75) is 105 Å². The topological polar surface area (TPSA) is 26.3 Å². The molecule has 1 aromatic carbocycles. The van der Waals surface area contributed by atoms with Gasteiger partial charge in [0, 0.05) is 6.42 Å². The zero-order valence-electron chi connectivity index (χ0n) is 19.0. The fourth-order valence-corrected chi connectivity index (χ4v) is 6.97. The van der Waals surface area contributed by atoms with Gasteiger partial charge in [-0.1, -0.05) is 25.7 Å². The van der Waals surface area contributed by atoms with Crippen molar-refractivity contribution in [1.82, 2.24) is 0 Å². The van der Waals surface area contributed by atoms with Gasteiger partial charge in [-0.25, -0.2) is 0 Å². The Morgan fingerprint density at radius 1 is 0.714 bits per heavy atom. The molecule has 0 unspecified atom stereocenters. The molecule has 0 aliphatic rings. The Hall–Kier alpha value is -0.511. The van der Waals surface area contributed by atoms with Gasteiger partial charge >= 0.3 is 124 Å². The second-order valence-electron chi connectivity index (χ2n) is 9.27. The maximum atomic E-state index is 11.0. The summed E-state index contributed by atoms with van der Waals surface area (Å²) in [6, 6.07) is 9.52. The summed E-state index contributed by atoms with van der Waals surface area (Å²) >= 11 is -1.87. The molecule has 160 valence electrons. The molecule has 0 amide bonds. The van der Waals surface area contributed by atoms with Crippen molar-refractivity contribution in [3.05, 3.63) is 29.8 Å². The van der Waals surface area contributed by atoms with Crippen LogP contribution in [0.4, 0.5) is 0 Å². The fraction of sp³-hybridized carbons (Fsp3) is 0.720. The summed E-state index contributed by atoms with van der Waals surface area (Å²) in [6.07, 6.45) is 17.6. The molecule has 0 bridgehead atoms. The SMILES string of the molecule is COC(=O)CCCCCCCCCCCCCCc1cc[c]([Sn]([CH3])([CH3])[CH3])cc1. The Kier molecular flexibility index (Phi) is 14.0. The van der Waals surface area contributed by atoms with Gasteiger partial charge in [-0.2, -0.15) is 0 Å². The average molecular weight is 495 g/mol. The fourth-order valence-electron chi connectivity index (χ4n) is 3.64. The molecular weight excluding hydrogens is 451 g/mol. The van der Waals surface area contributed by atoms with Crippen molar-refractivity contribution in [3.8, 4) is 0 Å². The first-order valence-electron chi connectivity index (χ1n) is 11.6. The maximum absolute atomic E-state index is 11.0. The van der Waals surface area contributed by atoms with Crippen molar-refractivity contribution in [3.63, 3.8) is 0 Å². The van der Waals surface area contributed by atoms with Gasteiger partial charge in [0.2, 0.25) is 0 Å². The number of hydrogen-bond acceptors (Lipinski definition) is 2. The normalized spacial score (nSPS) is 11.6. The van der Waals surface area contributed by atoms with Crippen LogP contribution in [0.15, 0.2) is 24.3 Å². The van der Waals surface area contributed by atoms with Gasteiger partial charge in [-0.15, -0.1) is 0 Å². The predicted molar refractivity (Wildman–Crippen MR) is 125 cm³/mol. The third kappa shape index (κ3) is 12.9. The Labute approximate surface area is 178 Å². The number of benzene rings is 1. The Bertz CT molecular complexity index is 516. The van der Waals surface area contributed by atoms with Gasteiger partial charge in [0.1, 0.15) is 0 Å². The van der Waals surface area contributed by atoms with Crippen LogP contribution in [-0.2, 0) is 16.0 Å². The molecule has 0 saturated carbocycles. The number of unbranched alkanes of at least 4 members (excludes halogenated alkanes) is 11. The van der Waals surface area contributed by atoms with E-state index < -0.39 is 18.4 Å². The third-order valence-corrected chi connectivity index (χ3v) is 11.5.